The summed E-state index contributed by atoms with van der Waals surface area (Å²) in [7, 11) is 0. The lowest BCUT2D eigenvalue weighted by Gasteiger charge is -2.07. The Morgan fingerprint density at radius 1 is 1.07 bits per heavy atom. The summed E-state index contributed by atoms with van der Waals surface area (Å²) < 4.78 is 0. The van der Waals surface area contributed by atoms with Gasteiger partial charge in [0.05, 0.1) is 0 Å². The Kier molecular flexibility index (Phi) is 2.09. The summed E-state index contributed by atoms with van der Waals surface area (Å²) in [5.74, 6) is 0. The summed E-state index contributed by atoms with van der Waals surface area (Å²) in [5.41, 5.74) is 12.9. The van der Waals surface area contributed by atoms with Crippen molar-refractivity contribution in [2.24, 2.45) is 5.73 Å². The number of nitrogen functional groups attached to an aromatic ring is 1. The van der Waals surface area contributed by atoms with E-state index in [1.807, 2.05) is 36.4 Å². The monoisotopic (exact) mass is 202 g/mol. The molecule has 2 aromatic rings. The molecular formula is C11H10N2S. The molecule has 0 radical (unpaired) electrons. The maximum absolute atomic E-state index is 5.82. The molecule has 0 fully saturated rings. The molecule has 3 heteroatoms. The van der Waals surface area contributed by atoms with E-state index < -0.39 is 0 Å². The van der Waals surface area contributed by atoms with E-state index in [1.54, 1.807) is 0 Å². The minimum absolute atomic E-state index is 0.347. The molecule has 14 heavy (non-hydrogen) atoms. The highest BCUT2D eigenvalue weighted by Crippen LogP contribution is 2.23. The van der Waals surface area contributed by atoms with Crippen molar-refractivity contribution >= 4 is 33.7 Å². The van der Waals surface area contributed by atoms with E-state index in [1.165, 1.54) is 0 Å². The van der Waals surface area contributed by atoms with Crippen LogP contribution in [0.15, 0.2) is 36.4 Å². The van der Waals surface area contributed by atoms with Crippen LogP contribution in [0.1, 0.15) is 5.56 Å². The molecule has 0 aliphatic carbocycles. The highest BCUT2D eigenvalue weighted by Gasteiger charge is 2.06. The van der Waals surface area contributed by atoms with Crippen LogP contribution in [-0.4, -0.2) is 4.99 Å². The molecule has 4 N–H and O–H groups in total. The van der Waals surface area contributed by atoms with E-state index in [0.29, 0.717) is 10.7 Å². The molecule has 0 aliphatic heterocycles. The Labute approximate surface area is 87.5 Å². The zero-order chi connectivity index (χ0) is 10.1. The predicted octanol–water partition coefficient (Wildman–Crippen LogP) is 2.06. The molecule has 0 aliphatic rings. The molecule has 0 bridgehead atoms. The zero-order valence-electron chi connectivity index (χ0n) is 7.53. The van der Waals surface area contributed by atoms with E-state index in [2.05, 4.69) is 0 Å². The Morgan fingerprint density at radius 2 is 1.79 bits per heavy atom. The molecule has 0 aromatic heterocycles. The van der Waals surface area contributed by atoms with Crippen LogP contribution in [0.2, 0.25) is 0 Å². The fraction of sp³-hybridized carbons (Fsp3) is 0. The van der Waals surface area contributed by atoms with Gasteiger partial charge in [-0.25, -0.2) is 0 Å². The van der Waals surface area contributed by atoms with Crippen LogP contribution in [0.25, 0.3) is 10.8 Å². The van der Waals surface area contributed by atoms with Crippen LogP contribution in [-0.2, 0) is 0 Å². The van der Waals surface area contributed by atoms with Gasteiger partial charge < -0.3 is 11.5 Å². The van der Waals surface area contributed by atoms with Crippen LogP contribution >= 0.6 is 12.2 Å². The normalized spacial score (nSPS) is 10.3. The number of fused-ring (bicyclic) bond motifs is 1. The van der Waals surface area contributed by atoms with Crippen LogP contribution in [0.5, 0.6) is 0 Å². The zero-order valence-corrected chi connectivity index (χ0v) is 8.34. The van der Waals surface area contributed by atoms with Crippen molar-refractivity contribution in [3.63, 3.8) is 0 Å². The molecule has 0 heterocycles. The van der Waals surface area contributed by atoms with E-state index in [0.717, 1.165) is 16.3 Å². The Balaban J connectivity index is 2.90. The molecule has 70 valence electrons. The fourth-order valence-corrected chi connectivity index (χ4v) is 1.79. The van der Waals surface area contributed by atoms with Crippen molar-refractivity contribution in [1.29, 1.82) is 0 Å². The molecule has 0 saturated carbocycles. The van der Waals surface area contributed by atoms with Crippen molar-refractivity contribution < 1.29 is 0 Å². The molecule has 0 unspecified atom stereocenters. The maximum atomic E-state index is 5.82. The van der Waals surface area contributed by atoms with Gasteiger partial charge in [-0.1, -0.05) is 42.5 Å². The van der Waals surface area contributed by atoms with Gasteiger partial charge in [-0.2, -0.15) is 0 Å². The lowest BCUT2D eigenvalue weighted by atomic mass is 10.0. The van der Waals surface area contributed by atoms with Gasteiger partial charge in [-0.3, -0.25) is 0 Å². The van der Waals surface area contributed by atoms with Gasteiger partial charge in [0, 0.05) is 11.3 Å². The average Bonchev–Trinajstić information content (AvgIpc) is 2.17. The third kappa shape index (κ3) is 1.32. The van der Waals surface area contributed by atoms with Crippen molar-refractivity contribution in [2.75, 3.05) is 5.73 Å². The van der Waals surface area contributed by atoms with E-state index in [9.17, 15) is 0 Å². The second-order valence-corrected chi connectivity index (χ2v) is 3.56. The van der Waals surface area contributed by atoms with Crippen LogP contribution in [0, 0.1) is 0 Å². The molecule has 0 spiro atoms. The summed E-state index contributed by atoms with van der Waals surface area (Å²) in [6, 6.07) is 11.7. The van der Waals surface area contributed by atoms with Crippen LogP contribution in [0.4, 0.5) is 5.69 Å². The van der Waals surface area contributed by atoms with Gasteiger partial charge in [0.2, 0.25) is 0 Å². The van der Waals surface area contributed by atoms with Gasteiger partial charge in [0.1, 0.15) is 4.99 Å². The quantitative estimate of drug-likeness (QED) is 0.549. The second-order valence-electron chi connectivity index (χ2n) is 3.12. The Bertz CT molecular complexity index is 506. The first-order valence-corrected chi connectivity index (χ1v) is 4.68. The molecule has 2 aromatic carbocycles. The smallest absolute Gasteiger partial charge is 0.106 e. The summed E-state index contributed by atoms with van der Waals surface area (Å²) in [6.07, 6.45) is 0. The largest absolute Gasteiger partial charge is 0.398 e. The fourth-order valence-electron chi connectivity index (χ4n) is 1.56. The van der Waals surface area contributed by atoms with E-state index in [-0.39, 0.29) is 0 Å². The minimum atomic E-state index is 0.347. The first kappa shape index (κ1) is 8.97. The third-order valence-corrected chi connectivity index (χ3v) is 2.41. The highest BCUT2D eigenvalue weighted by atomic mass is 32.1. The first-order chi connectivity index (χ1) is 6.70. The molecule has 0 amide bonds. The van der Waals surface area contributed by atoms with Crippen molar-refractivity contribution in [2.45, 2.75) is 0 Å². The molecule has 2 nitrogen and oxygen atoms in total. The molecular weight excluding hydrogens is 192 g/mol. The molecule has 0 saturated heterocycles. The van der Waals surface area contributed by atoms with Crippen molar-refractivity contribution in [1.82, 2.24) is 0 Å². The number of hydrogen-bond acceptors (Lipinski definition) is 2. The van der Waals surface area contributed by atoms with Crippen LogP contribution < -0.4 is 11.5 Å². The maximum Gasteiger partial charge on any atom is 0.106 e. The third-order valence-electron chi connectivity index (χ3n) is 2.21. The number of rotatable bonds is 1. The summed E-state index contributed by atoms with van der Waals surface area (Å²) in [5, 5.41) is 2.12. The number of benzene rings is 2. The Hall–Kier alpha value is -1.61. The lowest BCUT2D eigenvalue weighted by Crippen LogP contribution is -2.12. The standard InChI is InChI=1S/C11H10N2S/c12-9-6-5-7-3-1-2-4-8(7)10(9)11(13)14/h1-6H,12H2,(H2,13,14). The second kappa shape index (κ2) is 3.27. The van der Waals surface area contributed by atoms with E-state index in [4.69, 9.17) is 23.7 Å². The van der Waals surface area contributed by atoms with Crippen molar-refractivity contribution in [3.05, 3.63) is 42.0 Å². The van der Waals surface area contributed by atoms with Gasteiger partial charge in [0.25, 0.3) is 0 Å². The summed E-state index contributed by atoms with van der Waals surface area (Å²) >= 11 is 4.97. The van der Waals surface area contributed by atoms with Crippen LogP contribution in [0.3, 0.4) is 0 Å². The van der Waals surface area contributed by atoms with Gasteiger partial charge >= 0.3 is 0 Å². The predicted molar refractivity (Wildman–Crippen MR) is 64.2 cm³/mol. The van der Waals surface area contributed by atoms with E-state index >= 15 is 0 Å². The number of nitrogens with two attached hydrogens (primary N) is 2. The number of thiocarbonyl (C=S) groups is 1. The number of anilines is 1. The molecule has 2 rings (SSSR count). The average molecular weight is 202 g/mol. The lowest BCUT2D eigenvalue weighted by molar-refractivity contribution is 1.66. The van der Waals surface area contributed by atoms with Gasteiger partial charge in [-0.05, 0) is 16.8 Å². The highest BCUT2D eigenvalue weighted by molar-refractivity contribution is 7.80. The Morgan fingerprint density at radius 3 is 2.50 bits per heavy atom. The first-order valence-electron chi connectivity index (χ1n) is 4.27. The molecule has 0 atom stereocenters. The van der Waals surface area contributed by atoms with Crippen molar-refractivity contribution in [3.8, 4) is 0 Å². The SMILES string of the molecule is NC(=S)c1c(N)ccc2ccccc12. The van der Waals surface area contributed by atoms with Gasteiger partial charge in [-0.15, -0.1) is 0 Å². The minimum Gasteiger partial charge on any atom is -0.398 e. The summed E-state index contributed by atoms with van der Waals surface area (Å²) in [6.45, 7) is 0. The summed E-state index contributed by atoms with van der Waals surface area (Å²) in [4.78, 5) is 0.347. The number of hydrogen-bond donors (Lipinski definition) is 2. The topological polar surface area (TPSA) is 52.0 Å². The van der Waals surface area contributed by atoms with Gasteiger partial charge in [0.15, 0.2) is 0 Å².